The van der Waals surface area contributed by atoms with Crippen molar-refractivity contribution in [2.24, 2.45) is 0 Å². The van der Waals surface area contributed by atoms with Crippen LogP contribution >= 0.6 is 0 Å². The zero-order valence-electron chi connectivity index (χ0n) is 18.7. The molecule has 2 amide bonds. The third-order valence-electron chi connectivity index (χ3n) is 5.97. The maximum atomic E-state index is 12.8. The SMILES string of the molecule is Cc1cc2n(n1)CCC(=O)N2Cc1ccc(C(=O)NC(C)c2ccc3c(c2)OCCO3)cc1. The monoisotopic (exact) mass is 446 g/mol. The summed E-state index contributed by atoms with van der Waals surface area (Å²) < 4.78 is 13.1. The molecule has 0 fully saturated rings. The van der Waals surface area contributed by atoms with Gasteiger partial charge < -0.3 is 14.8 Å². The van der Waals surface area contributed by atoms with E-state index in [4.69, 9.17) is 9.47 Å². The van der Waals surface area contributed by atoms with E-state index in [1.165, 1.54) is 0 Å². The van der Waals surface area contributed by atoms with Crippen molar-refractivity contribution < 1.29 is 19.1 Å². The fourth-order valence-electron chi connectivity index (χ4n) is 4.18. The zero-order valence-corrected chi connectivity index (χ0v) is 18.7. The second-order valence-electron chi connectivity index (χ2n) is 8.39. The number of hydrogen-bond acceptors (Lipinski definition) is 5. The van der Waals surface area contributed by atoms with E-state index in [1.54, 1.807) is 17.0 Å². The van der Waals surface area contributed by atoms with Crippen molar-refractivity contribution in [1.29, 1.82) is 0 Å². The van der Waals surface area contributed by atoms with Crippen molar-refractivity contribution >= 4 is 17.6 Å². The molecule has 2 aromatic carbocycles. The summed E-state index contributed by atoms with van der Waals surface area (Å²) in [4.78, 5) is 27.0. The zero-order chi connectivity index (χ0) is 22.9. The van der Waals surface area contributed by atoms with Gasteiger partial charge in [-0.25, -0.2) is 4.68 Å². The van der Waals surface area contributed by atoms with Gasteiger partial charge in [0.15, 0.2) is 11.5 Å². The standard InChI is InChI=1S/C25H26N4O4/c1-16-13-23-28(24(30)9-10-29(23)27-16)15-18-3-5-19(6-4-18)25(31)26-17(2)20-7-8-21-22(14-20)33-12-11-32-21/h3-8,13-14,17H,9-12,15H2,1-2H3,(H,26,31). The van der Waals surface area contributed by atoms with Crippen molar-refractivity contribution in [2.45, 2.75) is 39.4 Å². The lowest BCUT2D eigenvalue weighted by atomic mass is 10.1. The molecule has 1 unspecified atom stereocenters. The first-order valence-electron chi connectivity index (χ1n) is 11.1. The van der Waals surface area contributed by atoms with E-state index in [0.29, 0.717) is 44.0 Å². The van der Waals surface area contributed by atoms with Gasteiger partial charge in [-0.05, 0) is 49.2 Å². The number of aromatic nitrogens is 2. The minimum Gasteiger partial charge on any atom is -0.486 e. The highest BCUT2D eigenvalue weighted by Crippen LogP contribution is 2.32. The third-order valence-corrected chi connectivity index (χ3v) is 5.97. The first kappa shape index (κ1) is 21.1. The highest BCUT2D eigenvalue weighted by Gasteiger charge is 2.25. The number of hydrogen-bond donors (Lipinski definition) is 1. The molecule has 33 heavy (non-hydrogen) atoms. The minimum atomic E-state index is -0.192. The molecule has 0 radical (unpaired) electrons. The van der Waals surface area contributed by atoms with Gasteiger partial charge in [-0.15, -0.1) is 0 Å². The third kappa shape index (κ3) is 4.28. The molecule has 1 aromatic heterocycles. The van der Waals surface area contributed by atoms with Crippen LogP contribution < -0.4 is 19.7 Å². The molecule has 170 valence electrons. The summed E-state index contributed by atoms with van der Waals surface area (Å²) >= 11 is 0. The molecular formula is C25H26N4O4. The number of ether oxygens (including phenoxy) is 2. The predicted octanol–water partition coefficient (Wildman–Crippen LogP) is 3.39. The summed E-state index contributed by atoms with van der Waals surface area (Å²) in [6.45, 7) is 5.98. The highest BCUT2D eigenvalue weighted by atomic mass is 16.6. The number of nitrogens with one attached hydrogen (secondary N) is 1. The van der Waals surface area contributed by atoms with Gasteiger partial charge in [0.25, 0.3) is 5.91 Å². The quantitative estimate of drug-likeness (QED) is 0.649. The Morgan fingerprint density at radius 3 is 2.64 bits per heavy atom. The highest BCUT2D eigenvalue weighted by molar-refractivity contribution is 5.95. The van der Waals surface area contributed by atoms with Crippen LogP contribution in [-0.4, -0.2) is 34.8 Å². The van der Waals surface area contributed by atoms with Crippen LogP contribution in [0.5, 0.6) is 11.5 Å². The maximum Gasteiger partial charge on any atom is 0.251 e. The number of anilines is 1. The largest absolute Gasteiger partial charge is 0.486 e. The van der Waals surface area contributed by atoms with E-state index in [1.807, 2.05) is 54.9 Å². The lowest BCUT2D eigenvalue weighted by Crippen LogP contribution is -2.36. The van der Waals surface area contributed by atoms with Crippen LogP contribution in [0.1, 0.15) is 46.6 Å². The van der Waals surface area contributed by atoms with Crippen molar-refractivity contribution in [3.05, 3.63) is 70.9 Å². The Labute approximate surface area is 192 Å². The Morgan fingerprint density at radius 1 is 1.09 bits per heavy atom. The van der Waals surface area contributed by atoms with Gasteiger partial charge in [0.05, 0.1) is 24.8 Å². The Morgan fingerprint density at radius 2 is 1.85 bits per heavy atom. The topological polar surface area (TPSA) is 85.7 Å². The van der Waals surface area contributed by atoms with E-state index < -0.39 is 0 Å². The van der Waals surface area contributed by atoms with Crippen LogP contribution in [-0.2, 0) is 17.9 Å². The molecule has 3 heterocycles. The Kier molecular flexibility index (Phi) is 5.50. The van der Waals surface area contributed by atoms with Crippen LogP contribution in [0, 0.1) is 6.92 Å². The van der Waals surface area contributed by atoms with Crippen LogP contribution in [0.4, 0.5) is 5.82 Å². The van der Waals surface area contributed by atoms with Crippen LogP contribution in [0.3, 0.4) is 0 Å². The molecule has 1 N–H and O–H groups in total. The first-order valence-corrected chi connectivity index (χ1v) is 11.1. The predicted molar refractivity (Wildman–Crippen MR) is 123 cm³/mol. The Balaban J connectivity index is 1.25. The second kappa shape index (κ2) is 8.61. The summed E-state index contributed by atoms with van der Waals surface area (Å²) in [6, 6.07) is 14.8. The lowest BCUT2D eigenvalue weighted by Gasteiger charge is -2.27. The molecule has 0 aliphatic carbocycles. The van der Waals surface area contributed by atoms with Gasteiger partial charge in [-0.2, -0.15) is 5.10 Å². The summed E-state index contributed by atoms with van der Waals surface area (Å²) in [5.74, 6) is 2.17. The van der Waals surface area contributed by atoms with E-state index in [-0.39, 0.29) is 17.9 Å². The fraction of sp³-hybridized carbons (Fsp3) is 0.320. The maximum absolute atomic E-state index is 12.8. The van der Waals surface area contributed by atoms with Crippen molar-refractivity contribution in [3.63, 3.8) is 0 Å². The number of fused-ring (bicyclic) bond motifs is 2. The van der Waals surface area contributed by atoms with Gasteiger partial charge >= 0.3 is 0 Å². The van der Waals surface area contributed by atoms with E-state index in [2.05, 4.69) is 10.4 Å². The van der Waals surface area contributed by atoms with E-state index in [9.17, 15) is 9.59 Å². The molecule has 0 saturated carbocycles. The number of rotatable bonds is 5. The number of carbonyl (C=O) groups excluding carboxylic acids is 2. The normalized spacial score (nSPS) is 15.7. The average Bonchev–Trinajstić information content (AvgIpc) is 3.21. The fourth-order valence-corrected chi connectivity index (χ4v) is 4.18. The Bertz CT molecular complexity index is 1200. The summed E-state index contributed by atoms with van der Waals surface area (Å²) in [7, 11) is 0. The average molecular weight is 447 g/mol. The van der Waals surface area contributed by atoms with Gasteiger partial charge in [-0.3, -0.25) is 14.5 Å². The van der Waals surface area contributed by atoms with E-state index in [0.717, 1.165) is 28.4 Å². The number of carbonyl (C=O) groups is 2. The van der Waals surface area contributed by atoms with Gasteiger partial charge in [0, 0.05) is 18.1 Å². The van der Waals surface area contributed by atoms with Gasteiger partial charge in [-0.1, -0.05) is 18.2 Å². The molecule has 0 bridgehead atoms. The number of amides is 2. The minimum absolute atomic E-state index is 0.0810. The number of aryl methyl sites for hydroxylation is 2. The second-order valence-corrected chi connectivity index (χ2v) is 8.39. The molecule has 0 saturated heterocycles. The molecule has 8 heteroatoms. The number of nitrogens with zero attached hydrogens (tertiary/aromatic N) is 3. The van der Waals surface area contributed by atoms with Crippen molar-refractivity contribution in [1.82, 2.24) is 15.1 Å². The smallest absolute Gasteiger partial charge is 0.251 e. The van der Waals surface area contributed by atoms with Crippen molar-refractivity contribution in [2.75, 3.05) is 18.1 Å². The lowest BCUT2D eigenvalue weighted by molar-refractivity contribution is -0.119. The van der Waals surface area contributed by atoms with E-state index >= 15 is 0 Å². The molecule has 2 aliphatic heterocycles. The van der Waals surface area contributed by atoms with Gasteiger partial charge in [0.2, 0.25) is 5.91 Å². The van der Waals surface area contributed by atoms with Crippen LogP contribution in [0.15, 0.2) is 48.5 Å². The van der Waals surface area contributed by atoms with Gasteiger partial charge in [0.1, 0.15) is 19.0 Å². The van der Waals surface area contributed by atoms with Crippen LogP contribution in [0.2, 0.25) is 0 Å². The molecule has 2 aliphatic rings. The molecular weight excluding hydrogens is 420 g/mol. The molecule has 3 aromatic rings. The Hall–Kier alpha value is -3.81. The van der Waals surface area contributed by atoms with Crippen LogP contribution in [0.25, 0.3) is 0 Å². The number of benzene rings is 2. The summed E-state index contributed by atoms with van der Waals surface area (Å²) in [5, 5.41) is 7.48. The van der Waals surface area contributed by atoms with Crippen molar-refractivity contribution in [3.8, 4) is 11.5 Å². The molecule has 1 atom stereocenters. The molecule has 5 rings (SSSR count). The molecule has 0 spiro atoms. The summed E-state index contributed by atoms with van der Waals surface area (Å²) in [6.07, 6.45) is 0.437. The summed E-state index contributed by atoms with van der Waals surface area (Å²) in [5.41, 5.74) is 3.35. The molecule has 8 nitrogen and oxygen atoms in total. The first-order chi connectivity index (χ1) is 16.0.